The highest BCUT2D eigenvalue weighted by Crippen LogP contribution is 2.08. The van der Waals surface area contributed by atoms with Crippen molar-refractivity contribution in [2.45, 2.75) is 58.3 Å². The summed E-state index contributed by atoms with van der Waals surface area (Å²) < 4.78 is 16.3. The van der Waals surface area contributed by atoms with E-state index in [9.17, 15) is 14.7 Å². The first-order valence-electron chi connectivity index (χ1n) is 9.49. The number of aliphatic carboxylic acids is 1. The largest absolute Gasteiger partial charge is 0.479 e. The van der Waals surface area contributed by atoms with Gasteiger partial charge in [-0.05, 0) is 18.4 Å². The van der Waals surface area contributed by atoms with Gasteiger partial charge in [-0.25, -0.2) is 9.59 Å². The van der Waals surface area contributed by atoms with Crippen molar-refractivity contribution >= 4 is 12.1 Å². The Kier molecular flexibility index (Phi) is 11.9. The first-order chi connectivity index (χ1) is 13.1. The van der Waals surface area contributed by atoms with E-state index in [1.807, 2.05) is 44.2 Å². The van der Waals surface area contributed by atoms with Crippen LogP contribution in [0.4, 0.5) is 4.79 Å². The van der Waals surface area contributed by atoms with Gasteiger partial charge in [-0.2, -0.15) is 0 Å². The summed E-state index contributed by atoms with van der Waals surface area (Å²) >= 11 is 0. The molecule has 0 heterocycles. The number of carboxylic acids is 1. The Hall–Kier alpha value is -2.12. The molecule has 1 aromatic carbocycles. The molecule has 2 N–H and O–H groups in total. The molecule has 0 spiro atoms. The lowest BCUT2D eigenvalue weighted by Crippen LogP contribution is -2.46. The van der Waals surface area contributed by atoms with Gasteiger partial charge in [-0.1, -0.05) is 57.0 Å². The molecule has 1 rings (SSSR count). The predicted molar refractivity (Wildman–Crippen MR) is 102 cm³/mol. The third kappa shape index (κ3) is 9.96. The van der Waals surface area contributed by atoms with E-state index < -0.39 is 24.3 Å². The molecule has 152 valence electrons. The van der Waals surface area contributed by atoms with Gasteiger partial charge in [0.1, 0.15) is 12.7 Å². The summed E-state index contributed by atoms with van der Waals surface area (Å²) in [7, 11) is 0. The molecule has 0 aliphatic heterocycles. The van der Waals surface area contributed by atoms with Crippen molar-refractivity contribution in [3.8, 4) is 0 Å². The Bertz CT molecular complexity index is 537. The first-order valence-corrected chi connectivity index (χ1v) is 9.49. The Balaban J connectivity index is 2.55. The number of hydrogen-bond donors (Lipinski definition) is 2. The molecule has 27 heavy (non-hydrogen) atoms. The molecular weight excluding hydrogens is 350 g/mol. The molecule has 1 aromatic rings. The normalized spacial score (nSPS) is 13.0. The summed E-state index contributed by atoms with van der Waals surface area (Å²) in [6, 6.07) is 9.31. The number of rotatable bonds is 14. The fourth-order valence-electron chi connectivity index (χ4n) is 2.28. The standard InChI is InChI=1S/C20H31NO6/c1-3-5-12-25-17(18(19(22)23)26-13-6-4-2)14-21-20(24)27-15-16-10-8-7-9-11-16/h7-11,17-18H,3-6,12-15H2,1-2H3,(H,21,24)(H,22,23)/t17?,18-/m0/s1. The molecule has 2 atom stereocenters. The summed E-state index contributed by atoms with van der Waals surface area (Å²) in [5.74, 6) is -1.10. The third-order valence-electron chi connectivity index (χ3n) is 3.87. The monoisotopic (exact) mass is 381 g/mol. The highest BCUT2D eigenvalue weighted by Gasteiger charge is 2.30. The van der Waals surface area contributed by atoms with Gasteiger partial charge < -0.3 is 24.6 Å². The van der Waals surface area contributed by atoms with Crippen LogP contribution in [0.25, 0.3) is 0 Å². The third-order valence-corrected chi connectivity index (χ3v) is 3.87. The minimum absolute atomic E-state index is 0.000426. The van der Waals surface area contributed by atoms with Gasteiger partial charge in [-0.3, -0.25) is 0 Å². The van der Waals surface area contributed by atoms with Gasteiger partial charge in [-0.15, -0.1) is 0 Å². The van der Waals surface area contributed by atoms with Crippen molar-refractivity contribution in [2.75, 3.05) is 19.8 Å². The lowest BCUT2D eigenvalue weighted by atomic mass is 10.2. The molecule has 0 bridgehead atoms. The number of alkyl carbamates (subject to hydrolysis) is 1. The van der Waals surface area contributed by atoms with E-state index >= 15 is 0 Å². The molecule has 7 heteroatoms. The van der Waals surface area contributed by atoms with Crippen molar-refractivity contribution in [3.63, 3.8) is 0 Å². The van der Waals surface area contributed by atoms with Crippen molar-refractivity contribution in [1.82, 2.24) is 5.32 Å². The van der Waals surface area contributed by atoms with Gasteiger partial charge >= 0.3 is 12.1 Å². The summed E-state index contributed by atoms with van der Waals surface area (Å²) in [4.78, 5) is 23.5. The second-order valence-electron chi connectivity index (χ2n) is 6.19. The van der Waals surface area contributed by atoms with Gasteiger partial charge in [0.25, 0.3) is 0 Å². The SMILES string of the molecule is CCCCOC(CNC(=O)OCc1ccccc1)[C@H](OCCCC)C(=O)O. The number of hydrogen-bond acceptors (Lipinski definition) is 5. The number of carbonyl (C=O) groups is 2. The van der Waals surface area contributed by atoms with E-state index in [0.29, 0.717) is 13.2 Å². The number of ether oxygens (including phenoxy) is 3. The number of benzene rings is 1. The van der Waals surface area contributed by atoms with E-state index in [1.165, 1.54) is 0 Å². The summed E-state index contributed by atoms with van der Waals surface area (Å²) in [5, 5.41) is 12.0. The van der Waals surface area contributed by atoms with Crippen LogP contribution in [0.15, 0.2) is 30.3 Å². The molecule has 0 saturated heterocycles. The lowest BCUT2D eigenvalue weighted by Gasteiger charge is -2.25. The van der Waals surface area contributed by atoms with E-state index in [2.05, 4.69) is 5.32 Å². The van der Waals surface area contributed by atoms with Crippen LogP contribution in [0.1, 0.15) is 45.1 Å². The van der Waals surface area contributed by atoms with Gasteiger partial charge in [0.2, 0.25) is 0 Å². The number of carboxylic acid groups (broad SMARTS) is 1. The second-order valence-corrected chi connectivity index (χ2v) is 6.19. The molecule has 0 aromatic heterocycles. The van der Waals surface area contributed by atoms with Gasteiger partial charge in [0, 0.05) is 13.2 Å². The number of carbonyl (C=O) groups excluding carboxylic acids is 1. The summed E-state index contributed by atoms with van der Waals surface area (Å²) in [5.41, 5.74) is 0.870. The second kappa shape index (κ2) is 14.0. The summed E-state index contributed by atoms with van der Waals surface area (Å²) in [6.45, 7) is 4.90. The zero-order chi connectivity index (χ0) is 19.9. The summed E-state index contributed by atoms with van der Waals surface area (Å²) in [6.07, 6.45) is 0.846. The quantitative estimate of drug-likeness (QED) is 0.480. The van der Waals surface area contributed by atoms with Crippen LogP contribution in [-0.4, -0.2) is 49.1 Å². The van der Waals surface area contributed by atoms with E-state index in [4.69, 9.17) is 14.2 Å². The smallest absolute Gasteiger partial charge is 0.407 e. The van der Waals surface area contributed by atoms with Crippen molar-refractivity contribution in [3.05, 3.63) is 35.9 Å². The minimum Gasteiger partial charge on any atom is -0.479 e. The molecule has 0 aliphatic rings. The highest BCUT2D eigenvalue weighted by atomic mass is 16.6. The van der Waals surface area contributed by atoms with E-state index in [1.54, 1.807) is 0 Å². The molecule has 0 aliphatic carbocycles. The van der Waals surface area contributed by atoms with Crippen LogP contribution >= 0.6 is 0 Å². The topological polar surface area (TPSA) is 94.1 Å². The van der Waals surface area contributed by atoms with Crippen molar-refractivity contribution in [1.29, 1.82) is 0 Å². The number of amides is 1. The van der Waals surface area contributed by atoms with E-state index in [0.717, 1.165) is 31.2 Å². The Morgan fingerprint density at radius 1 is 1.04 bits per heavy atom. The first kappa shape index (κ1) is 22.9. The maximum atomic E-state index is 11.9. The Labute approximate surface area is 161 Å². The molecular formula is C20H31NO6. The maximum absolute atomic E-state index is 11.9. The molecule has 1 unspecified atom stereocenters. The van der Waals surface area contributed by atoms with Crippen LogP contribution < -0.4 is 5.32 Å². The average Bonchev–Trinajstić information content (AvgIpc) is 2.67. The fraction of sp³-hybridized carbons (Fsp3) is 0.600. The number of unbranched alkanes of at least 4 members (excludes halogenated alkanes) is 2. The molecule has 0 radical (unpaired) electrons. The number of nitrogens with one attached hydrogen (secondary N) is 1. The lowest BCUT2D eigenvalue weighted by molar-refractivity contribution is -0.162. The highest BCUT2D eigenvalue weighted by molar-refractivity contribution is 5.73. The van der Waals surface area contributed by atoms with E-state index in [-0.39, 0.29) is 13.2 Å². The van der Waals surface area contributed by atoms with Crippen molar-refractivity contribution < 1.29 is 28.9 Å². The zero-order valence-corrected chi connectivity index (χ0v) is 16.2. The van der Waals surface area contributed by atoms with Crippen LogP contribution in [0.2, 0.25) is 0 Å². The van der Waals surface area contributed by atoms with Gasteiger partial charge in [0.15, 0.2) is 6.10 Å². The fourth-order valence-corrected chi connectivity index (χ4v) is 2.28. The maximum Gasteiger partial charge on any atom is 0.407 e. The van der Waals surface area contributed by atoms with Crippen LogP contribution in [0.3, 0.4) is 0 Å². The minimum atomic E-state index is -1.14. The van der Waals surface area contributed by atoms with Crippen LogP contribution in [-0.2, 0) is 25.6 Å². The van der Waals surface area contributed by atoms with Gasteiger partial charge in [0.05, 0.1) is 6.54 Å². The molecule has 7 nitrogen and oxygen atoms in total. The Morgan fingerprint density at radius 2 is 1.67 bits per heavy atom. The zero-order valence-electron chi connectivity index (χ0n) is 16.2. The predicted octanol–water partition coefficient (Wildman–Crippen LogP) is 3.37. The van der Waals surface area contributed by atoms with Crippen LogP contribution in [0.5, 0.6) is 0 Å². The molecule has 0 saturated carbocycles. The molecule has 0 fully saturated rings. The molecule has 1 amide bonds. The van der Waals surface area contributed by atoms with Crippen molar-refractivity contribution in [2.24, 2.45) is 0 Å². The van der Waals surface area contributed by atoms with Crippen LogP contribution in [0, 0.1) is 0 Å². The Morgan fingerprint density at radius 3 is 2.26 bits per heavy atom. The average molecular weight is 381 g/mol.